The van der Waals surface area contributed by atoms with Crippen LogP contribution in [-0.4, -0.2) is 15.0 Å². The Kier molecular flexibility index (Phi) is 10.8. The van der Waals surface area contributed by atoms with Gasteiger partial charge in [-0.15, -0.1) is 0 Å². The van der Waals surface area contributed by atoms with E-state index in [2.05, 4.69) is 159 Å². The van der Waals surface area contributed by atoms with Crippen molar-refractivity contribution in [1.29, 1.82) is 0 Å². The first kappa shape index (κ1) is 43.3. The van der Waals surface area contributed by atoms with Crippen LogP contribution in [0, 0.1) is 31.5 Å². The molecule has 4 heteroatoms. The molecule has 0 amide bonds. The van der Waals surface area contributed by atoms with E-state index < -0.39 is 6.85 Å². The molecule has 77 heavy (non-hydrogen) atoms. The molecular weight excluding hydrogens is 935 g/mol. The van der Waals surface area contributed by atoms with Crippen LogP contribution in [0.1, 0.15) is 43.1 Å². The maximum Gasteiger partial charge on any atom is 0.162 e. The van der Waals surface area contributed by atoms with Crippen molar-refractivity contribution in [3.8, 4) is 67.2 Å². The smallest absolute Gasteiger partial charge is 0.162 e. The molecule has 0 radical (unpaired) electrons. The zero-order valence-electron chi connectivity index (χ0n) is 45.9. The number of hydrogen-bond donors (Lipinski definition) is 0. The van der Waals surface area contributed by atoms with Crippen molar-refractivity contribution in [2.24, 2.45) is 17.8 Å². The molecule has 0 aliphatic heterocycles. The van der Waals surface area contributed by atoms with Gasteiger partial charge in [-0.2, -0.15) is 0 Å². The molecule has 0 saturated heterocycles. The highest BCUT2D eigenvalue weighted by molar-refractivity contribution is 6.17. The molecular formula is C73H57N3O. The zero-order valence-corrected chi connectivity index (χ0v) is 42.9. The van der Waals surface area contributed by atoms with E-state index in [-0.39, 0.29) is 5.41 Å². The summed E-state index contributed by atoms with van der Waals surface area (Å²) in [7, 11) is 0. The zero-order chi connectivity index (χ0) is 54.0. The standard InChI is InChI=1S/C73H57N3O/c1-47-38-67(52-14-6-3-7-15-52)74-44-56(47)24-22-49-40-50(23-25-57-45-75-68(39-48(57)2)53-16-8-4-9-17-53)42-58(41-49)60-20-12-13-21-61(60)66-46-76-71(54-18-10-5-11-19-54)72-70(66)65-31-28-55(43-69(65)77-72)51-26-29-59(30-27-51)73-35-32-62-63(33-36-73)64(62)34-37-73/h3-21,26-46,62-64H,22-25H2,1-2H3/i1D3. The second kappa shape index (κ2) is 19.3. The molecule has 0 spiro atoms. The first-order valence-corrected chi connectivity index (χ1v) is 27.0. The molecule has 1 saturated carbocycles. The molecule has 0 unspecified atom stereocenters. The minimum atomic E-state index is -2.31. The Labute approximate surface area is 455 Å². The quantitative estimate of drug-likeness (QED) is 0.108. The highest BCUT2D eigenvalue weighted by Gasteiger charge is 2.49. The molecule has 1 fully saturated rings. The molecule has 11 aromatic rings. The third-order valence-electron chi connectivity index (χ3n) is 16.5. The van der Waals surface area contributed by atoms with Crippen LogP contribution in [0.4, 0.5) is 0 Å². The number of benzene rings is 7. The normalized spacial score (nSPS) is 18.7. The van der Waals surface area contributed by atoms with Crippen molar-refractivity contribution in [2.45, 2.75) is 44.9 Å². The molecule has 4 nitrogen and oxygen atoms in total. The summed E-state index contributed by atoms with van der Waals surface area (Å²) < 4.78 is 32.9. The van der Waals surface area contributed by atoms with Gasteiger partial charge in [0.05, 0.1) is 11.4 Å². The topological polar surface area (TPSA) is 51.8 Å². The Hall–Kier alpha value is -8.99. The first-order chi connectivity index (χ1) is 39.1. The van der Waals surface area contributed by atoms with Crippen LogP contribution in [0.25, 0.3) is 89.1 Å². The number of pyridine rings is 3. The van der Waals surface area contributed by atoms with Crippen LogP contribution in [0.2, 0.25) is 0 Å². The fourth-order valence-electron chi connectivity index (χ4n) is 12.1. The number of hydrogen-bond acceptors (Lipinski definition) is 4. The van der Waals surface area contributed by atoms with Gasteiger partial charge in [-0.05, 0) is 148 Å². The van der Waals surface area contributed by atoms with E-state index in [9.17, 15) is 0 Å². The van der Waals surface area contributed by atoms with Gasteiger partial charge >= 0.3 is 0 Å². The van der Waals surface area contributed by atoms with Crippen molar-refractivity contribution >= 4 is 21.9 Å². The van der Waals surface area contributed by atoms with Crippen molar-refractivity contribution in [3.05, 3.63) is 282 Å². The maximum atomic E-state index is 8.61. The summed E-state index contributed by atoms with van der Waals surface area (Å²) in [4.78, 5) is 14.9. The Bertz CT molecular complexity index is 4200. The van der Waals surface area contributed by atoms with Crippen LogP contribution in [0.3, 0.4) is 0 Å². The van der Waals surface area contributed by atoms with E-state index in [1.54, 1.807) is 12.3 Å². The summed E-state index contributed by atoms with van der Waals surface area (Å²) in [6, 6.07) is 65.5. The van der Waals surface area contributed by atoms with Gasteiger partial charge in [0.25, 0.3) is 0 Å². The van der Waals surface area contributed by atoms with Gasteiger partial charge < -0.3 is 4.42 Å². The highest BCUT2D eigenvalue weighted by Crippen LogP contribution is 2.55. The SMILES string of the molecule is [2H]C([2H])([2H])c1cc(-c2ccccc2)ncc1CCc1cc(CCc2cnc(-c3ccccc3)cc2C)cc(-c2ccccc2-c2cnc(-c3ccccc3)c3oc4cc(-c5ccc(C67C=CC8C(C=C6)C8C=C7)cc5)ccc4c23)c1. The molecule has 4 aliphatic carbocycles. The van der Waals surface area contributed by atoms with Gasteiger partial charge in [0.2, 0.25) is 0 Å². The van der Waals surface area contributed by atoms with Gasteiger partial charge in [-0.1, -0.05) is 200 Å². The third-order valence-corrected chi connectivity index (χ3v) is 16.5. The average Bonchev–Trinajstić information content (AvgIpc) is 4.30. The predicted octanol–water partition coefficient (Wildman–Crippen LogP) is 17.8. The lowest BCUT2D eigenvalue weighted by Crippen LogP contribution is -2.16. The minimum absolute atomic E-state index is 0.207. The molecule has 4 bridgehead atoms. The van der Waals surface area contributed by atoms with Crippen LogP contribution in [-0.2, 0) is 31.1 Å². The Morgan fingerprint density at radius 3 is 1.61 bits per heavy atom. The number of fused-ring (bicyclic) bond motifs is 3. The molecule has 4 aromatic heterocycles. The largest absolute Gasteiger partial charge is 0.454 e. The van der Waals surface area contributed by atoms with Gasteiger partial charge in [0.1, 0.15) is 11.3 Å². The lowest BCUT2D eigenvalue weighted by atomic mass is 9.79. The molecule has 15 rings (SSSR count). The summed E-state index contributed by atoms with van der Waals surface area (Å²) in [5, 5.41) is 2.03. The third kappa shape index (κ3) is 8.74. The average molecular weight is 995 g/mol. The minimum Gasteiger partial charge on any atom is -0.454 e. The fourth-order valence-corrected chi connectivity index (χ4v) is 12.1. The Morgan fingerprint density at radius 1 is 0.455 bits per heavy atom. The van der Waals surface area contributed by atoms with E-state index in [1.807, 2.05) is 79.1 Å². The predicted molar refractivity (Wildman–Crippen MR) is 316 cm³/mol. The second-order valence-electron chi connectivity index (χ2n) is 21.3. The molecule has 7 aromatic carbocycles. The summed E-state index contributed by atoms with van der Waals surface area (Å²) in [6.45, 7) is -0.135. The second-order valence-corrected chi connectivity index (χ2v) is 21.3. The van der Waals surface area contributed by atoms with Gasteiger partial charge in [0.15, 0.2) is 5.58 Å². The van der Waals surface area contributed by atoms with Gasteiger partial charge in [-0.3, -0.25) is 15.0 Å². The molecule has 0 atom stereocenters. The Morgan fingerprint density at radius 2 is 1.00 bits per heavy atom. The number of allylic oxidation sites excluding steroid dienone is 6. The molecule has 4 aliphatic rings. The number of furan rings is 1. The number of aryl methyl sites for hydroxylation is 6. The first-order valence-electron chi connectivity index (χ1n) is 28.5. The summed E-state index contributed by atoms with van der Waals surface area (Å²) in [5.41, 5.74) is 20.1. The summed E-state index contributed by atoms with van der Waals surface area (Å²) in [6.07, 6.45) is 23.0. The van der Waals surface area contributed by atoms with Crippen LogP contribution >= 0.6 is 0 Å². The summed E-state index contributed by atoms with van der Waals surface area (Å²) >= 11 is 0. The highest BCUT2D eigenvalue weighted by atomic mass is 16.3. The van der Waals surface area contributed by atoms with Crippen molar-refractivity contribution in [1.82, 2.24) is 15.0 Å². The van der Waals surface area contributed by atoms with E-state index in [0.29, 0.717) is 41.9 Å². The van der Waals surface area contributed by atoms with Crippen molar-refractivity contribution in [2.75, 3.05) is 0 Å². The molecule has 0 N–H and O–H groups in total. The summed E-state index contributed by atoms with van der Waals surface area (Å²) in [5.74, 6) is 1.93. The van der Waals surface area contributed by atoms with Crippen LogP contribution < -0.4 is 0 Å². The van der Waals surface area contributed by atoms with E-state index in [0.717, 1.165) is 107 Å². The lowest BCUT2D eigenvalue weighted by Gasteiger charge is -2.23. The molecule has 370 valence electrons. The number of rotatable bonds is 13. The number of nitrogens with zero attached hydrogens (tertiary/aromatic N) is 3. The number of aromatic nitrogens is 3. The van der Waals surface area contributed by atoms with Crippen molar-refractivity contribution < 1.29 is 8.53 Å². The lowest BCUT2D eigenvalue weighted by molar-refractivity contribution is 0.668. The molecule has 4 heterocycles. The maximum absolute atomic E-state index is 8.61. The monoisotopic (exact) mass is 994 g/mol. The van der Waals surface area contributed by atoms with Crippen molar-refractivity contribution in [3.63, 3.8) is 0 Å². The van der Waals surface area contributed by atoms with Crippen LogP contribution in [0.5, 0.6) is 0 Å². The van der Waals surface area contributed by atoms with E-state index >= 15 is 0 Å². The van der Waals surface area contributed by atoms with E-state index in [1.165, 1.54) is 22.3 Å². The van der Waals surface area contributed by atoms with Gasteiger partial charge in [-0.25, -0.2) is 0 Å². The Balaban J connectivity index is 0.851. The van der Waals surface area contributed by atoms with E-state index in [4.69, 9.17) is 23.5 Å². The van der Waals surface area contributed by atoms with Crippen LogP contribution in [0.15, 0.2) is 248 Å². The fraction of sp³-hybridized carbons (Fsp3) is 0.137. The van der Waals surface area contributed by atoms with Gasteiger partial charge in [0, 0.05) is 61.1 Å².